The molecule has 0 aliphatic heterocycles. The van der Waals surface area contributed by atoms with Gasteiger partial charge in [-0.25, -0.2) is 14.4 Å². The fourth-order valence-corrected chi connectivity index (χ4v) is 3.94. The van der Waals surface area contributed by atoms with E-state index in [4.69, 9.17) is 0 Å². The summed E-state index contributed by atoms with van der Waals surface area (Å²) in [5.74, 6) is -0.448. The normalized spacial score (nSPS) is 10.5. The highest BCUT2D eigenvalue weighted by Crippen LogP contribution is 2.34. The minimum Gasteiger partial charge on any atom is -0.325 e. The molecule has 26 heavy (non-hydrogen) atoms. The lowest BCUT2D eigenvalue weighted by Gasteiger charge is -2.09. The van der Waals surface area contributed by atoms with Gasteiger partial charge in [-0.2, -0.15) is 0 Å². The zero-order valence-corrected chi connectivity index (χ0v) is 15.6. The van der Waals surface area contributed by atoms with Crippen LogP contribution in [0.15, 0.2) is 75.9 Å². The summed E-state index contributed by atoms with van der Waals surface area (Å²) in [4.78, 5) is 21.9. The SMILES string of the molecule is Cc1ccccc1Sc1nccnc1SCC(=O)Nc1cccc(F)c1. The number of aryl methyl sites for hydroxylation is 1. The van der Waals surface area contributed by atoms with E-state index in [0.29, 0.717) is 10.7 Å². The molecule has 0 atom stereocenters. The molecule has 0 unspecified atom stereocenters. The zero-order valence-electron chi connectivity index (χ0n) is 14.0. The first-order valence-electron chi connectivity index (χ1n) is 7.84. The van der Waals surface area contributed by atoms with Crippen LogP contribution in [0.3, 0.4) is 0 Å². The van der Waals surface area contributed by atoms with E-state index in [1.165, 1.54) is 35.7 Å². The number of benzene rings is 2. The summed E-state index contributed by atoms with van der Waals surface area (Å²) < 4.78 is 13.2. The first-order chi connectivity index (χ1) is 12.6. The Bertz CT molecular complexity index is 921. The third kappa shape index (κ3) is 5.06. The number of aromatic nitrogens is 2. The van der Waals surface area contributed by atoms with E-state index in [2.05, 4.69) is 15.3 Å². The monoisotopic (exact) mass is 385 g/mol. The average Bonchev–Trinajstić information content (AvgIpc) is 2.63. The molecule has 1 aromatic heterocycles. The zero-order chi connectivity index (χ0) is 18.4. The van der Waals surface area contributed by atoms with E-state index < -0.39 is 0 Å². The van der Waals surface area contributed by atoms with E-state index in [-0.39, 0.29) is 17.5 Å². The van der Waals surface area contributed by atoms with Gasteiger partial charge in [0, 0.05) is 23.0 Å². The van der Waals surface area contributed by atoms with E-state index in [1.807, 2.05) is 31.2 Å². The van der Waals surface area contributed by atoms with Crippen molar-refractivity contribution in [1.82, 2.24) is 9.97 Å². The predicted molar refractivity (Wildman–Crippen MR) is 103 cm³/mol. The number of nitrogens with one attached hydrogen (secondary N) is 1. The lowest BCUT2D eigenvalue weighted by Crippen LogP contribution is -2.14. The molecule has 1 amide bonds. The first-order valence-corrected chi connectivity index (χ1v) is 9.65. The molecule has 0 radical (unpaired) electrons. The number of amides is 1. The summed E-state index contributed by atoms with van der Waals surface area (Å²) in [6.45, 7) is 2.04. The van der Waals surface area contributed by atoms with Gasteiger partial charge < -0.3 is 5.32 Å². The third-order valence-corrected chi connectivity index (χ3v) is 5.66. The molecule has 0 saturated carbocycles. The van der Waals surface area contributed by atoms with Crippen LogP contribution in [0.1, 0.15) is 5.56 Å². The van der Waals surface area contributed by atoms with Crippen molar-refractivity contribution in [3.63, 3.8) is 0 Å². The van der Waals surface area contributed by atoms with Gasteiger partial charge in [0.05, 0.1) is 5.75 Å². The predicted octanol–water partition coefficient (Wildman–Crippen LogP) is 4.81. The van der Waals surface area contributed by atoms with Gasteiger partial charge >= 0.3 is 0 Å². The van der Waals surface area contributed by atoms with E-state index in [9.17, 15) is 9.18 Å². The Morgan fingerprint density at radius 1 is 1.08 bits per heavy atom. The van der Waals surface area contributed by atoms with Gasteiger partial charge in [-0.15, -0.1) is 0 Å². The summed E-state index contributed by atoms with van der Waals surface area (Å²) in [5.41, 5.74) is 1.59. The molecule has 1 N–H and O–H groups in total. The molecule has 0 spiro atoms. The van der Waals surface area contributed by atoms with Gasteiger partial charge in [0.25, 0.3) is 0 Å². The Hall–Kier alpha value is -2.38. The number of halogens is 1. The third-order valence-electron chi connectivity index (χ3n) is 3.38. The molecule has 2 aromatic carbocycles. The topological polar surface area (TPSA) is 54.9 Å². The molecule has 0 fully saturated rings. The van der Waals surface area contributed by atoms with E-state index in [0.717, 1.165) is 15.5 Å². The number of hydrogen-bond donors (Lipinski definition) is 1. The van der Waals surface area contributed by atoms with Crippen molar-refractivity contribution in [2.45, 2.75) is 21.9 Å². The Morgan fingerprint density at radius 3 is 2.62 bits per heavy atom. The van der Waals surface area contributed by atoms with Crippen LogP contribution in [0.2, 0.25) is 0 Å². The number of hydrogen-bond acceptors (Lipinski definition) is 5. The van der Waals surface area contributed by atoms with Crippen LogP contribution in [-0.4, -0.2) is 21.6 Å². The van der Waals surface area contributed by atoms with Gasteiger partial charge in [-0.1, -0.05) is 47.8 Å². The molecular weight excluding hydrogens is 369 g/mol. The quantitative estimate of drug-likeness (QED) is 0.618. The second-order valence-corrected chi connectivity index (χ2v) is 7.38. The van der Waals surface area contributed by atoms with Crippen LogP contribution in [0, 0.1) is 12.7 Å². The number of carbonyl (C=O) groups is 1. The number of nitrogens with zero attached hydrogens (tertiary/aromatic N) is 2. The Kier molecular flexibility index (Phi) is 6.25. The fourth-order valence-electron chi connectivity index (χ4n) is 2.15. The van der Waals surface area contributed by atoms with Crippen LogP contribution in [0.25, 0.3) is 0 Å². The van der Waals surface area contributed by atoms with Crippen LogP contribution >= 0.6 is 23.5 Å². The molecule has 1 heterocycles. The summed E-state index contributed by atoms with van der Waals surface area (Å²) in [7, 11) is 0. The maximum Gasteiger partial charge on any atom is 0.234 e. The fraction of sp³-hybridized carbons (Fsp3) is 0.105. The van der Waals surface area contributed by atoms with Gasteiger partial charge in [0.1, 0.15) is 15.9 Å². The highest BCUT2D eigenvalue weighted by Gasteiger charge is 2.12. The highest BCUT2D eigenvalue weighted by atomic mass is 32.2. The Balaban J connectivity index is 1.65. The molecule has 0 bridgehead atoms. The van der Waals surface area contributed by atoms with Crippen molar-refractivity contribution in [3.05, 3.63) is 72.3 Å². The summed E-state index contributed by atoms with van der Waals surface area (Å²) >= 11 is 2.83. The van der Waals surface area contributed by atoms with Crippen LogP contribution in [-0.2, 0) is 4.79 Å². The number of thioether (sulfide) groups is 1. The van der Waals surface area contributed by atoms with Gasteiger partial charge in [-0.3, -0.25) is 4.79 Å². The van der Waals surface area contributed by atoms with Crippen molar-refractivity contribution >= 4 is 35.1 Å². The highest BCUT2D eigenvalue weighted by molar-refractivity contribution is 8.02. The van der Waals surface area contributed by atoms with Crippen molar-refractivity contribution in [1.29, 1.82) is 0 Å². The molecule has 3 rings (SSSR count). The maximum absolute atomic E-state index is 13.2. The number of carbonyl (C=O) groups excluding carboxylic acids is 1. The molecule has 3 aromatic rings. The minimum atomic E-state index is -0.388. The smallest absolute Gasteiger partial charge is 0.234 e. The van der Waals surface area contributed by atoms with Crippen molar-refractivity contribution in [2.75, 3.05) is 11.1 Å². The molecule has 4 nitrogen and oxygen atoms in total. The van der Waals surface area contributed by atoms with Gasteiger partial charge in [0.15, 0.2) is 0 Å². The molecular formula is C19H16FN3OS2. The first kappa shape index (κ1) is 18.4. The second kappa shape index (κ2) is 8.82. The number of rotatable bonds is 6. The van der Waals surface area contributed by atoms with Crippen LogP contribution < -0.4 is 5.32 Å². The standard InChI is InChI=1S/C19H16FN3OS2/c1-13-5-2-3-8-16(13)26-19-18(21-9-10-22-19)25-12-17(24)23-15-7-4-6-14(20)11-15/h2-11H,12H2,1H3,(H,23,24). The lowest BCUT2D eigenvalue weighted by atomic mass is 10.2. The van der Waals surface area contributed by atoms with Crippen LogP contribution in [0.4, 0.5) is 10.1 Å². The van der Waals surface area contributed by atoms with E-state index >= 15 is 0 Å². The second-order valence-electron chi connectivity index (χ2n) is 5.38. The largest absolute Gasteiger partial charge is 0.325 e. The summed E-state index contributed by atoms with van der Waals surface area (Å²) in [6, 6.07) is 13.8. The molecule has 0 aliphatic rings. The maximum atomic E-state index is 13.2. The van der Waals surface area contributed by atoms with Gasteiger partial charge in [-0.05, 0) is 36.8 Å². The van der Waals surface area contributed by atoms with Crippen molar-refractivity contribution < 1.29 is 9.18 Å². The molecule has 132 valence electrons. The van der Waals surface area contributed by atoms with Crippen LogP contribution in [0.5, 0.6) is 0 Å². The van der Waals surface area contributed by atoms with Crippen molar-refractivity contribution in [2.24, 2.45) is 0 Å². The molecule has 7 heteroatoms. The lowest BCUT2D eigenvalue weighted by molar-refractivity contribution is -0.113. The average molecular weight is 385 g/mol. The number of anilines is 1. The Labute approximate surface area is 159 Å². The molecule has 0 aliphatic carbocycles. The van der Waals surface area contributed by atoms with E-state index in [1.54, 1.807) is 24.5 Å². The minimum absolute atomic E-state index is 0.163. The summed E-state index contributed by atoms with van der Waals surface area (Å²) in [5, 5.41) is 4.12. The summed E-state index contributed by atoms with van der Waals surface area (Å²) in [6.07, 6.45) is 3.24. The molecule has 0 saturated heterocycles. The Morgan fingerprint density at radius 2 is 1.85 bits per heavy atom. The van der Waals surface area contributed by atoms with Gasteiger partial charge in [0.2, 0.25) is 5.91 Å². The van der Waals surface area contributed by atoms with Crippen molar-refractivity contribution in [3.8, 4) is 0 Å².